The summed E-state index contributed by atoms with van der Waals surface area (Å²) in [6, 6.07) is 2.37. The first-order valence-corrected chi connectivity index (χ1v) is 6.00. The molecule has 0 aliphatic rings. The minimum absolute atomic E-state index is 0.319. The molecule has 0 radical (unpaired) electrons. The fourth-order valence-electron chi connectivity index (χ4n) is 1.19. The molecule has 3 nitrogen and oxygen atoms in total. The molecule has 0 atom stereocenters. The number of thioether (sulfide) groups is 1. The molecule has 5 heteroatoms. The van der Waals surface area contributed by atoms with Gasteiger partial charge in [-0.25, -0.2) is 9.18 Å². The van der Waals surface area contributed by atoms with Crippen LogP contribution in [0.15, 0.2) is 17.0 Å². The molecule has 1 aromatic carbocycles. The Morgan fingerprint density at radius 1 is 1.56 bits per heavy atom. The van der Waals surface area contributed by atoms with Crippen LogP contribution in [0.3, 0.4) is 0 Å². The van der Waals surface area contributed by atoms with Gasteiger partial charge in [-0.1, -0.05) is 13.3 Å². The predicted molar refractivity (Wildman–Crippen MR) is 63.4 cm³/mol. The van der Waals surface area contributed by atoms with Crippen molar-refractivity contribution in [2.45, 2.75) is 24.7 Å². The van der Waals surface area contributed by atoms with Crippen LogP contribution in [0.25, 0.3) is 0 Å². The van der Waals surface area contributed by atoms with E-state index in [1.165, 1.54) is 23.9 Å². The summed E-state index contributed by atoms with van der Waals surface area (Å²) < 4.78 is 13.3. The molecule has 0 amide bonds. The molecule has 0 aromatic heterocycles. The van der Waals surface area contributed by atoms with Crippen LogP contribution in [-0.2, 0) is 0 Å². The lowest BCUT2D eigenvalue weighted by atomic mass is 10.2. The number of rotatable bonds is 5. The highest BCUT2D eigenvalue weighted by Crippen LogP contribution is 2.28. The van der Waals surface area contributed by atoms with Crippen molar-refractivity contribution in [1.82, 2.24) is 0 Å². The van der Waals surface area contributed by atoms with Crippen molar-refractivity contribution in [2.75, 3.05) is 11.5 Å². The van der Waals surface area contributed by atoms with Gasteiger partial charge in [0.1, 0.15) is 5.82 Å². The number of carbonyl (C=O) groups is 1. The molecule has 3 N–H and O–H groups in total. The van der Waals surface area contributed by atoms with Crippen LogP contribution in [0.2, 0.25) is 0 Å². The molecule has 0 aliphatic carbocycles. The standard InChI is InChI=1S/C11H14FNO2S/c1-2-3-4-16-10-6-8(12)7(11(14)15)5-9(10)13/h5-6H,2-4,13H2,1H3,(H,14,15). The van der Waals surface area contributed by atoms with Crippen molar-refractivity contribution < 1.29 is 14.3 Å². The molecule has 1 rings (SSSR count). The van der Waals surface area contributed by atoms with Crippen LogP contribution in [0.1, 0.15) is 30.1 Å². The summed E-state index contributed by atoms with van der Waals surface area (Å²) in [4.78, 5) is 11.3. The van der Waals surface area contributed by atoms with E-state index in [9.17, 15) is 9.18 Å². The van der Waals surface area contributed by atoms with Gasteiger partial charge in [0, 0.05) is 10.6 Å². The van der Waals surface area contributed by atoms with E-state index in [-0.39, 0.29) is 5.56 Å². The molecule has 16 heavy (non-hydrogen) atoms. The smallest absolute Gasteiger partial charge is 0.338 e. The van der Waals surface area contributed by atoms with Gasteiger partial charge in [-0.05, 0) is 24.3 Å². The molecule has 1 aromatic rings. The summed E-state index contributed by atoms with van der Waals surface area (Å²) in [5.41, 5.74) is 5.60. The van der Waals surface area contributed by atoms with E-state index < -0.39 is 11.8 Å². The lowest BCUT2D eigenvalue weighted by molar-refractivity contribution is 0.0692. The summed E-state index contributed by atoms with van der Waals surface area (Å²) in [6.07, 6.45) is 2.08. The molecule has 0 bridgehead atoms. The molecular weight excluding hydrogens is 229 g/mol. The van der Waals surface area contributed by atoms with Crippen LogP contribution in [0, 0.1) is 5.82 Å². The topological polar surface area (TPSA) is 63.3 Å². The van der Waals surface area contributed by atoms with E-state index in [0.717, 1.165) is 18.6 Å². The molecule has 0 saturated heterocycles. The second-order valence-corrected chi connectivity index (χ2v) is 4.51. The van der Waals surface area contributed by atoms with Crippen molar-refractivity contribution in [2.24, 2.45) is 0 Å². The molecule has 0 saturated carbocycles. The quantitative estimate of drug-likeness (QED) is 0.474. The highest BCUT2D eigenvalue weighted by molar-refractivity contribution is 7.99. The first-order valence-electron chi connectivity index (χ1n) is 5.01. The van der Waals surface area contributed by atoms with E-state index in [1.54, 1.807) is 0 Å². The molecule has 0 heterocycles. The Labute approximate surface area is 97.8 Å². The van der Waals surface area contributed by atoms with E-state index in [4.69, 9.17) is 10.8 Å². The number of hydrogen-bond acceptors (Lipinski definition) is 3. The largest absolute Gasteiger partial charge is 0.478 e. The van der Waals surface area contributed by atoms with Gasteiger partial charge in [-0.3, -0.25) is 0 Å². The number of carboxylic acid groups (broad SMARTS) is 1. The Hall–Kier alpha value is -1.23. The highest BCUT2D eigenvalue weighted by Gasteiger charge is 2.13. The van der Waals surface area contributed by atoms with Gasteiger partial charge in [-0.15, -0.1) is 11.8 Å². The van der Waals surface area contributed by atoms with Gasteiger partial charge >= 0.3 is 5.97 Å². The number of halogens is 1. The van der Waals surface area contributed by atoms with Gasteiger partial charge in [0.15, 0.2) is 0 Å². The minimum atomic E-state index is -1.30. The number of nitrogens with two attached hydrogens (primary N) is 1. The van der Waals surface area contributed by atoms with Gasteiger partial charge < -0.3 is 10.8 Å². The Balaban J connectivity index is 2.88. The average Bonchev–Trinajstić information content (AvgIpc) is 2.22. The van der Waals surface area contributed by atoms with Crippen molar-refractivity contribution in [3.8, 4) is 0 Å². The molecular formula is C11H14FNO2S. The third kappa shape index (κ3) is 3.13. The maximum absolute atomic E-state index is 13.3. The fourth-order valence-corrected chi connectivity index (χ4v) is 2.25. The first kappa shape index (κ1) is 12.8. The van der Waals surface area contributed by atoms with Crippen molar-refractivity contribution in [3.63, 3.8) is 0 Å². The van der Waals surface area contributed by atoms with Gasteiger partial charge in [0.2, 0.25) is 0 Å². The van der Waals surface area contributed by atoms with Gasteiger partial charge in [-0.2, -0.15) is 0 Å². The van der Waals surface area contributed by atoms with E-state index in [1.807, 2.05) is 0 Å². The Bertz CT molecular complexity index is 396. The zero-order valence-electron chi connectivity index (χ0n) is 9.00. The Morgan fingerprint density at radius 3 is 2.81 bits per heavy atom. The molecule has 0 unspecified atom stereocenters. The number of carboxylic acids is 1. The van der Waals surface area contributed by atoms with Gasteiger partial charge in [0.25, 0.3) is 0 Å². The molecule has 0 fully saturated rings. The summed E-state index contributed by atoms with van der Waals surface area (Å²) >= 11 is 1.45. The SMILES string of the molecule is CCCCSc1cc(F)c(C(=O)O)cc1N. The van der Waals surface area contributed by atoms with Crippen molar-refractivity contribution in [1.29, 1.82) is 0 Å². The van der Waals surface area contributed by atoms with E-state index in [2.05, 4.69) is 6.92 Å². The predicted octanol–water partition coefficient (Wildman–Crippen LogP) is 3.00. The zero-order valence-corrected chi connectivity index (χ0v) is 9.81. The van der Waals surface area contributed by atoms with E-state index in [0.29, 0.717) is 10.6 Å². The Morgan fingerprint density at radius 2 is 2.25 bits per heavy atom. The lowest BCUT2D eigenvalue weighted by Gasteiger charge is -2.07. The normalized spacial score (nSPS) is 10.4. The third-order valence-electron chi connectivity index (χ3n) is 2.09. The summed E-state index contributed by atoms with van der Waals surface area (Å²) in [6.45, 7) is 2.07. The second kappa shape index (κ2) is 5.75. The maximum Gasteiger partial charge on any atom is 0.338 e. The number of unbranched alkanes of at least 4 members (excludes halogenated alkanes) is 1. The van der Waals surface area contributed by atoms with E-state index >= 15 is 0 Å². The monoisotopic (exact) mass is 243 g/mol. The number of benzene rings is 1. The summed E-state index contributed by atoms with van der Waals surface area (Å²) in [7, 11) is 0. The maximum atomic E-state index is 13.3. The lowest BCUT2D eigenvalue weighted by Crippen LogP contribution is -2.03. The molecule has 88 valence electrons. The number of anilines is 1. The first-order chi connectivity index (χ1) is 7.56. The number of nitrogen functional groups attached to an aromatic ring is 1. The third-order valence-corrected chi connectivity index (χ3v) is 3.24. The average molecular weight is 243 g/mol. The summed E-state index contributed by atoms with van der Waals surface area (Å²) in [5.74, 6) is -1.18. The zero-order chi connectivity index (χ0) is 12.1. The second-order valence-electron chi connectivity index (χ2n) is 3.38. The minimum Gasteiger partial charge on any atom is -0.478 e. The van der Waals surface area contributed by atoms with Crippen molar-refractivity contribution in [3.05, 3.63) is 23.5 Å². The van der Waals surface area contributed by atoms with Crippen LogP contribution < -0.4 is 5.73 Å². The van der Waals surface area contributed by atoms with Crippen molar-refractivity contribution >= 4 is 23.4 Å². The number of hydrogen-bond donors (Lipinski definition) is 2. The number of aromatic carboxylic acids is 1. The Kier molecular flexibility index (Phi) is 4.61. The van der Waals surface area contributed by atoms with Crippen LogP contribution in [-0.4, -0.2) is 16.8 Å². The van der Waals surface area contributed by atoms with Crippen LogP contribution >= 0.6 is 11.8 Å². The molecule has 0 aliphatic heterocycles. The van der Waals surface area contributed by atoms with Crippen LogP contribution in [0.4, 0.5) is 10.1 Å². The summed E-state index contributed by atoms with van der Waals surface area (Å²) in [5, 5.41) is 8.69. The van der Waals surface area contributed by atoms with Gasteiger partial charge in [0.05, 0.1) is 5.56 Å². The van der Waals surface area contributed by atoms with Crippen LogP contribution in [0.5, 0.6) is 0 Å². The highest BCUT2D eigenvalue weighted by atomic mass is 32.2. The molecule has 0 spiro atoms. The fraction of sp³-hybridized carbons (Fsp3) is 0.364.